The third-order valence-corrected chi connectivity index (χ3v) is 1.61. The molecular weight excluding hydrogens is 198 g/mol. The van der Waals surface area contributed by atoms with E-state index in [9.17, 15) is 9.90 Å². The molecule has 0 atom stereocenters. The maximum Gasteiger partial charge on any atom is 0.358 e. The van der Waals surface area contributed by atoms with Crippen LogP contribution in [0, 0.1) is 0 Å². The van der Waals surface area contributed by atoms with Crippen LogP contribution in [0.1, 0.15) is 12.5 Å². The van der Waals surface area contributed by atoms with Gasteiger partial charge in [0.15, 0.2) is 5.71 Å². The van der Waals surface area contributed by atoms with E-state index < -0.39 is 5.97 Å². The lowest BCUT2D eigenvalue weighted by molar-refractivity contribution is -0.129. The van der Waals surface area contributed by atoms with Crippen LogP contribution >= 0.6 is 0 Å². The Labute approximate surface area is 86.6 Å². The number of nitrogens with zero attached hydrogens (tertiary/aromatic N) is 1. The number of carboxylic acids is 1. The molecule has 0 aromatic heterocycles. The molecule has 0 fully saturated rings. The third kappa shape index (κ3) is 2.98. The highest BCUT2D eigenvalue weighted by molar-refractivity contribution is 6.42. The molecule has 0 bridgehead atoms. The Balaban J connectivity index is 3.04. The molecule has 0 aliphatic heterocycles. The van der Waals surface area contributed by atoms with Gasteiger partial charge in [-0.25, -0.2) is 4.79 Å². The first-order valence-corrected chi connectivity index (χ1v) is 4.37. The number of carboxylic acid groups (broad SMARTS) is 1. The van der Waals surface area contributed by atoms with Crippen molar-refractivity contribution in [3.05, 3.63) is 29.8 Å². The first-order chi connectivity index (χ1) is 7.15. The molecule has 15 heavy (non-hydrogen) atoms. The summed E-state index contributed by atoms with van der Waals surface area (Å²) in [4.78, 5) is 15.5. The van der Waals surface area contributed by atoms with Gasteiger partial charge in [-0.1, -0.05) is 17.3 Å². The zero-order valence-corrected chi connectivity index (χ0v) is 8.17. The Bertz CT molecular complexity index is 387. The molecule has 0 spiro atoms. The number of aliphatic carboxylic acids is 1. The van der Waals surface area contributed by atoms with Crippen molar-refractivity contribution in [2.45, 2.75) is 6.92 Å². The van der Waals surface area contributed by atoms with Crippen molar-refractivity contribution in [1.82, 2.24) is 0 Å². The van der Waals surface area contributed by atoms with Gasteiger partial charge >= 0.3 is 5.97 Å². The van der Waals surface area contributed by atoms with Crippen LogP contribution in [-0.4, -0.2) is 28.5 Å². The molecule has 5 nitrogen and oxygen atoms in total. The second kappa shape index (κ2) is 4.99. The van der Waals surface area contributed by atoms with Gasteiger partial charge < -0.3 is 15.1 Å². The average molecular weight is 209 g/mol. The number of phenols is 1. The smallest absolute Gasteiger partial charge is 0.358 e. The molecule has 0 unspecified atom stereocenters. The van der Waals surface area contributed by atoms with Crippen LogP contribution in [0.5, 0.6) is 5.75 Å². The summed E-state index contributed by atoms with van der Waals surface area (Å²) in [6.07, 6.45) is 0. The van der Waals surface area contributed by atoms with E-state index in [1.165, 1.54) is 24.3 Å². The summed E-state index contributed by atoms with van der Waals surface area (Å²) in [5, 5.41) is 21.5. The van der Waals surface area contributed by atoms with E-state index in [0.29, 0.717) is 5.56 Å². The van der Waals surface area contributed by atoms with Gasteiger partial charge in [-0.2, -0.15) is 0 Å². The van der Waals surface area contributed by atoms with E-state index in [1.54, 1.807) is 6.92 Å². The number of rotatable bonds is 4. The Morgan fingerprint density at radius 2 is 2.27 bits per heavy atom. The van der Waals surface area contributed by atoms with Crippen LogP contribution in [0.4, 0.5) is 0 Å². The van der Waals surface area contributed by atoms with Crippen molar-refractivity contribution in [3.8, 4) is 5.75 Å². The number of phenolic OH excluding ortho intramolecular Hbond substituents is 1. The van der Waals surface area contributed by atoms with Gasteiger partial charge in [0.05, 0.1) is 0 Å². The molecule has 0 aliphatic rings. The van der Waals surface area contributed by atoms with E-state index in [0.717, 1.165) is 0 Å². The van der Waals surface area contributed by atoms with Crippen molar-refractivity contribution in [2.75, 3.05) is 6.61 Å². The molecule has 5 heteroatoms. The molecule has 0 amide bonds. The monoisotopic (exact) mass is 209 g/mol. The SMILES string of the molecule is CCON=C(C(=O)O)c1cccc(O)c1. The first kappa shape index (κ1) is 11.0. The van der Waals surface area contributed by atoms with E-state index in [-0.39, 0.29) is 18.1 Å². The van der Waals surface area contributed by atoms with Gasteiger partial charge in [-0.15, -0.1) is 0 Å². The van der Waals surface area contributed by atoms with Crippen molar-refractivity contribution in [1.29, 1.82) is 0 Å². The zero-order chi connectivity index (χ0) is 11.3. The number of hydrogen-bond donors (Lipinski definition) is 2. The minimum Gasteiger partial charge on any atom is -0.508 e. The fourth-order valence-electron chi connectivity index (χ4n) is 0.998. The summed E-state index contributed by atoms with van der Waals surface area (Å²) >= 11 is 0. The Morgan fingerprint density at radius 1 is 1.53 bits per heavy atom. The van der Waals surface area contributed by atoms with E-state index in [1.807, 2.05) is 0 Å². The molecule has 1 aromatic carbocycles. The van der Waals surface area contributed by atoms with Crippen molar-refractivity contribution >= 4 is 11.7 Å². The minimum atomic E-state index is -1.20. The molecule has 2 N–H and O–H groups in total. The molecular formula is C10H11NO4. The Kier molecular flexibility index (Phi) is 3.68. The molecule has 0 saturated carbocycles. The topological polar surface area (TPSA) is 79.1 Å². The summed E-state index contributed by atoms with van der Waals surface area (Å²) in [6, 6.07) is 5.83. The lowest BCUT2D eigenvalue weighted by Crippen LogP contribution is -2.15. The van der Waals surface area contributed by atoms with E-state index in [4.69, 9.17) is 5.11 Å². The second-order valence-corrected chi connectivity index (χ2v) is 2.71. The highest BCUT2D eigenvalue weighted by Crippen LogP contribution is 2.12. The molecule has 1 rings (SSSR count). The molecule has 0 saturated heterocycles. The maximum atomic E-state index is 10.8. The van der Waals surface area contributed by atoms with Gasteiger partial charge in [-0.05, 0) is 19.1 Å². The van der Waals surface area contributed by atoms with Crippen LogP contribution in [0.15, 0.2) is 29.4 Å². The first-order valence-electron chi connectivity index (χ1n) is 4.37. The Morgan fingerprint density at radius 3 is 2.80 bits per heavy atom. The summed E-state index contributed by atoms with van der Waals surface area (Å²) in [7, 11) is 0. The quantitative estimate of drug-likeness (QED) is 0.577. The van der Waals surface area contributed by atoms with Gasteiger partial charge in [0.2, 0.25) is 0 Å². The largest absolute Gasteiger partial charge is 0.508 e. The number of hydrogen-bond acceptors (Lipinski definition) is 4. The van der Waals surface area contributed by atoms with Crippen LogP contribution in [0.3, 0.4) is 0 Å². The average Bonchev–Trinajstić information content (AvgIpc) is 2.18. The summed E-state index contributed by atoms with van der Waals surface area (Å²) in [5.74, 6) is -1.22. The van der Waals surface area contributed by atoms with Gasteiger partial charge in [-0.3, -0.25) is 0 Å². The number of aromatic hydroxyl groups is 1. The predicted molar refractivity (Wildman–Crippen MR) is 53.9 cm³/mol. The lowest BCUT2D eigenvalue weighted by atomic mass is 10.1. The summed E-state index contributed by atoms with van der Waals surface area (Å²) in [6.45, 7) is 1.99. The molecule has 1 aromatic rings. The van der Waals surface area contributed by atoms with Crippen LogP contribution in [0.25, 0.3) is 0 Å². The maximum absolute atomic E-state index is 10.8. The van der Waals surface area contributed by atoms with E-state index >= 15 is 0 Å². The molecule has 0 radical (unpaired) electrons. The molecule has 80 valence electrons. The zero-order valence-electron chi connectivity index (χ0n) is 8.17. The van der Waals surface area contributed by atoms with Crippen molar-refractivity contribution in [3.63, 3.8) is 0 Å². The standard InChI is InChI=1S/C10H11NO4/c1-2-15-11-9(10(13)14)7-4-3-5-8(12)6-7/h3-6,12H,2H2,1H3,(H,13,14). The van der Waals surface area contributed by atoms with Crippen LogP contribution in [0.2, 0.25) is 0 Å². The third-order valence-electron chi connectivity index (χ3n) is 1.61. The van der Waals surface area contributed by atoms with Crippen molar-refractivity contribution < 1.29 is 19.8 Å². The summed E-state index contributed by atoms with van der Waals surface area (Å²) < 4.78 is 0. The summed E-state index contributed by atoms with van der Waals surface area (Å²) in [5.41, 5.74) is 0.0729. The van der Waals surface area contributed by atoms with Gasteiger partial charge in [0.25, 0.3) is 0 Å². The van der Waals surface area contributed by atoms with Gasteiger partial charge in [0, 0.05) is 5.56 Å². The second-order valence-electron chi connectivity index (χ2n) is 2.71. The fourth-order valence-corrected chi connectivity index (χ4v) is 0.998. The highest BCUT2D eigenvalue weighted by atomic mass is 16.6. The number of carbonyl (C=O) groups is 1. The minimum absolute atomic E-state index is 0.0158. The Hall–Kier alpha value is -2.04. The van der Waals surface area contributed by atoms with Gasteiger partial charge in [0.1, 0.15) is 12.4 Å². The predicted octanol–water partition coefficient (Wildman–Crippen LogP) is 1.22. The molecule has 0 heterocycles. The highest BCUT2D eigenvalue weighted by Gasteiger charge is 2.13. The normalized spacial score (nSPS) is 11.1. The van der Waals surface area contributed by atoms with Crippen LogP contribution in [-0.2, 0) is 9.63 Å². The van der Waals surface area contributed by atoms with Crippen LogP contribution < -0.4 is 0 Å². The number of benzene rings is 1. The van der Waals surface area contributed by atoms with E-state index in [2.05, 4.69) is 9.99 Å². The van der Waals surface area contributed by atoms with Crippen molar-refractivity contribution in [2.24, 2.45) is 5.16 Å². The lowest BCUT2D eigenvalue weighted by Gasteiger charge is -2.01. The number of oxime groups is 1. The molecule has 0 aliphatic carbocycles. The fraction of sp³-hybridized carbons (Fsp3) is 0.200.